The predicted octanol–water partition coefficient (Wildman–Crippen LogP) is 14.6. The van der Waals surface area contributed by atoms with Crippen LogP contribution in [0.1, 0.15) is 47.6 Å². The van der Waals surface area contributed by atoms with Gasteiger partial charge in [-0.05, 0) is 96.9 Å². The molecule has 0 N–H and O–H groups in total. The molecule has 0 saturated heterocycles. The molecule has 0 heterocycles. The Morgan fingerprint density at radius 2 is 0.945 bits per heavy atom. The lowest BCUT2D eigenvalue weighted by Gasteiger charge is -2.35. The molecule has 0 saturated carbocycles. The summed E-state index contributed by atoms with van der Waals surface area (Å²) in [6.45, 7) is 4.60. The number of anilines is 3. The second kappa shape index (κ2) is 13.3. The molecule has 1 nitrogen and oxygen atoms in total. The maximum Gasteiger partial charge on any atom is 0.0714 e. The first kappa shape index (κ1) is 32.9. The van der Waals surface area contributed by atoms with Crippen LogP contribution in [-0.4, -0.2) is 0 Å². The van der Waals surface area contributed by atoms with Crippen LogP contribution in [0.3, 0.4) is 0 Å². The summed E-state index contributed by atoms with van der Waals surface area (Å²) in [5.41, 5.74) is 14.4. The van der Waals surface area contributed by atoms with Gasteiger partial charge in [0.25, 0.3) is 0 Å². The summed E-state index contributed by atoms with van der Waals surface area (Å²) in [6, 6.07) is 76.5. The van der Waals surface area contributed by atoms with Crippen molar-refractivity contribution in [3.05, 3.63) is 234 Å². The third-order valence-corrected chi connectivity index (χ3v) is 11.7. The summed E-state index contributed by atoms with van der Waals surface area (Å²) in [6.07, 6.45) is 0. The molecule has 9 aromatic carbocycles. The van der Waals surface area contributed by atoms with E-state index in [2.05, 4.69) is 225 Å². The molecule has 0 aliphatic heterocycles. The van der Waals surface area contributed by atoms with E-state index < -0.39 is 5.41 Å². The Kier molecular flexibility index (Phi) is 7.96. The predicted molar refractivity (Wildman–Crippen MR) is 233 cm³/mol. The van der Waals surface area contributed by atoms with Crippen molar-refractivity contribution in [2.75, 3.05) is 4.90 Å². The van der Waals surface area contributed by atoms with Crippen molar-refractivity contribution >= 4 is 38.6 Å². The van der Waals surface area contributed by atoms with Gasteiger partial charge < -0.3 is 4.90 Å². The van der Waals surface area contributed by atoms with E-state index in [9.17, 15) is 0 Å². The molecule has 0 fully saturated rings. The summed E-state index contributed by atoms with van der Waals surface area (Å²) in [4.78, 5) is 2.53. The fourth-order valence-corrected chi connectivity index (χ4v) is 9.26. The highest BCUT2D eigenvalue weighted by molar-refractivity contribution is 6.05. The van der Waals surface area contributed by atoms with Crippen LogP contribution in [0.15, 0.2) is 206 Å². The average molecular weight is 704 g/mol. The van der Waals surface area contributed by atoms with Gasteiger partial charge in [-0.25, -0.2) is 0 Å². The molecule has 0 amide bonds. The molecule has 0 bridgehead atoms. The molecule has 0 spiro atoms. The van der Waals surface area contributed by atoms with E-state index in [1.54, 1.807) is 0 Å². The molecule has 262 valence electrons. The lowest BCUT2D eigenvalue weighted by Crippen LogP contribution is -2.28. The Morgan fingerprint density at radius 1 is 0.382 bits per heavy atom. The van der Waals surface area contributed by atoms with Crippen LogP contribution in [0.25, 0.3) is 43.8 Å². The Labute approximate surface area is 323 Å². The minimum absolute atomic E-state index is 0.359. The van der Waals surface area contributed by atoms with Gasteiger partial charge in [-0.3, -0.25) is 0 Å². The number of hydrogen-bond donors (Lipinski definition) is 0. The molecule has 0 atom stereocenters. The van der Waals surface area contributed by atoms with E-state index in [1.807, 2.05) is 0 Å². The van der Waals surface area contributed by atoms with Gasteiger partial charge >= 0.3 is 0 Å². The first-order valence-electron chi connectivity index (χ1n) is 19.4. The Balaban J connectivity index is 1.33. The van der Waals surface area contributed by atoms with Gasteiger partial charge in [-0.1, -0.05) is 190 Å². The Morgan fingerprint density at radius 3 is 1.67 bits per heavy atom. The van der Waals surface area contributed by atoms with Gasteiger partial charge in [-0.2, -0.15) is 0 Å². The molecule has 55 heavy (non-hydrogen) atoms. The minimum atomic E-state index is -0.509. The molecule has 9 aromatic rings. The Hall–Kier alpha value is -6.70. The van der Waals surface area contributed by atoms with Crippen molar-refractivity contribution in [3.8, 4) is 22.3 Å². The minimum Gasteiger partial charge on any atom is -0.309 e. The first-order valence-corrected chi connectivity index (χ1v) is 19.4. The lowest BCUT2D eigenvalue weighted by atomic mass is 9.67. The van der Waals surface area contributed by atoms with Crippen molar-refractivity contribution < 1.29 is 0 Å². The average Bonchev–Trinajstić information content (AvgIpc) is 3.54. The lowest BCUT2D eigenvalue weighted by molar-refractivity contribution is 0.768. The third kappa shape index (κ3) is 5.22. The fraction of sp³-hybridized carbons (Fsp3) is 0.0741. The summed E-state index contributed by atoms with van der Waals surface area (Å²) in [5, 5.41) is 4.87. The highest BCUT2D eigenvalue weighted by atomic mass is 15.1. The standard InChI is InChI=1S/C54H41N/c1-37(2)44-26-13-14-28-46(44)49-34-39-19-9-10-20-40(39)35-53(49)55(52-31-17-21-38-18-11-12-27-45(38)52)43-32-33-48-47-29-15-16-30-50(47)54(51(48)36-43,41-22-5-3-6-23-41)42-24-7-4-8-25-42/h3-37H,1-2H3. The summed E-state index contributed by atoms with van der Waals surface area (Å²) < 4.78 is 0. The molecule has 1 heteroatoms. The zero-order valence-electron chi connectivity index (χ0n) is 31.2. The largest absolute Gasteiger partial charge is 0.309 e. The van der Waals surface area contributed by atoms with E-state index in [0.717, 1.165) is 17.1 Å². The van der Waals surface area contributed by atoms with Crippen molar-refractivity contribution in [2.24, 2.45) is 0 Å². The molecule has 10 rings (SSSR count). The molecular weight excluding hydrogens is 663 g/mol. The van der Waals surface area contributed by atoms with E-state index in [1.165, 1.54) is 71.6 Å². The van der Waals surface area contributed by atoms with Crippen LogP contribution in [0.4, 0.5) is 17.1 Å². The van der Waals surface area contributed by atoms with Gasteiger partial charge in [0.1, 0.15) is 0 Å². The highest BCUT2D eigenvalue weighted by Gasteiger charge is 2.46. The van der Waals surface area contributed by atoms with Crippen LogP contribution in [0.2, 0.25) is 0 Å². The summed E-state index contributed by atoms with van der Waals surface area (Å²) in [5.74, 6) is 0.359. The molecule has 1 aliphatic rings. The summed E-state index contributed by atoms with van der Waals surface area (Å²) in [7, 11) is 0. The second-order valence-electron chi connectivity index (χ2n) is 15.0. The molecular formula is C54H41N. The maximum absolute atomic E-state index is 2.53. The fourth-order valence-electron chi connectivity index (χ4n) is 9.26. The number of nitrogens with zero attached hydrogens (tertiary/aromatic N) is 1. The van der Waals surface area contributed by atoms with Crippen molar-refractivity contribution in [3.63, 3.8) is 0 Å². The van der Waals surface area contributed by atoms with Crippen LogP contribution in [-0.2, 0) is 5.41 Å². The molecule has 0 radical (unpaired) electrons. The van der Waals surface area contributed by atoms with Crippen LogP contribution < -0.4 is 4.90 Å². The van der Waals surface area contributed by atoms with Gasteiger partial charge in [0.05, 0.1) is 16.8 Å². The quantitative estimate of drug-likeness (QED) is 0.160. The van der Waals surface area contributed by atoms with Crippen LogP contribution >= 0.6 is 0 Å². The normalized spacial score (nSPS) is 12.9. The maximum atomic E-state index is 2.53. The smallest absolute Gasteiger partial charge is 0.0714 e. The van der Waals surface area contributed by atoms with E-state index in [0.29, 0.717) is 5.92 Å². The third-order valence-electron chi connectivity index (χ3n) is 11.7. The number of benzene rings is 9. The SMILES string of the molecule is CC(C)c1ccccc1-c1cc2ccccc2cc1N(c1ccc2c(c1)C(c1ccccc1)(c1ccccc1)c1ccccc1-2)c1cccc2ccccc12. The molecule has 0 unspecified atom stereocenters. The topological polar surface area (TPSA) is 3.24 Å². The monoisotopic (exact) mass is 703 g/mol. The highest BCUT2D eigenvalue weighted by Crippen LogP contribution is 2.58. The van der Waals surface area contributed by atoms with Gasteiger partial charge in [0, 0.05) is 16.6 Å². The van der Waals surface area contributed by atoms with Gasteiger partial charge in [0.2, 0.25) is 0 Å². The number of hydrogen-bond acceptors (Lipinski definition) is 1. The van der Waals surface area contributed by atoms with E-state index in [4.69, 9.17) is 0 Å². The zero-order valence-corrected chi connectivity index (χ0v) is 31.2. The first-order chi connectivity index (χ1) is 27.1. The van der Waals surface area contributed by atoms with Crippen LogP contribution in [0, 0.1) is 0 Å². The van der Waals surface area contributed by atoms with E-state index >= 15 is 0 Å². The van der Waals surface area contributed by atoms with E-state index in [-0.39, 0.29) is 0 Å². The number of rotatable bonds is 7. The second-order valence-corrected chi connectivity index (χ2v) is 15.0. The van der Waals surface area contributed by atoms with Gasteiger partial charge in [0.15, 0.2) is 0 Å². The van der Waals surface area contributed by atoms with Crippen molar-refractivity contribution in [1.29, 1.82) is 0 Å². The number of fused-ring (bicyclic) bond motifs is 5. The van der Waals surface area contributed by atoms with Crippen molar-refractivity contribution in [2.45, 2.75) is 25.2 Å². The van der Waals surface area contributed by atoms with Crippen LogP contribution in [0.5, 0.6) is 0 Å². The van der Waals surface area contributed by atoms with Gasteiger partial charge in [-0.15, -0.1) is 0 Å². The van der Waals surface area contributed by atoms with Crippen molar-refractivity contribution in [1.82, 2.24) is 0 Å². The Bertz CT molecular complexity index is 2810. The molecule has 0 aromatic heterocycles. The zero-order chi connectivity index (χ0) is 36.9. The molecule has 1 aliphatic carbocycles. The summed E-state index contributed by atoms with van der Waals surface area (Å²) >= 11 is 0.